The summed E-state index contributed by atoms with van der Waals surface area (Å²) in [4.78, 5) is 14.1. The average Bonchev–Trinajstić information content (AvgIpc) is 2.60. The number of ether oxygens (including phenoxy) is 2. The predicted molar refractivity (Wildman–Crippen MR) is 89.2 cm³/mol. The number of nitrogens with one attached hydrogen (secondary N) is 1. The van der Waals surface area contributed by atoms with Crippen LogP contribution in [0.2, 0.25) is 0 Å². The molecule has 4 heterocycles. The number of hydrogen-bond acceptors (Lipinski definition) is 6. The zero-order valence-electron chi connectivity index (χ0n) is 14.7. The van der Waals surface area contributed by atoms with Crippen molar-refractivity contribution in [3.63, 3.8) is 0 Å². The molecule has 3 fully saturated rings. The molecule has 0 saturated carbocycles. The third kappa shape index (κ3) is 4.54. The molecule has 1 N–H and O–H groups in total. The Kier molecular flexibility index (Phi) is 5.22. The van der Waals surface area contributed by atoms with Gasteiger partial charge in [0, 0.05) is 25.6 Å². The van der Waals surface area contributed by atoms with Crippen LogP contribution in [0.4, 0.5) is 19.0 Å². The van der Waals surface area contributed by atoms with Crippen molar-refractivity contribution in [3.8, 4) is 5.88 Å². The fraction of sp³-hybridized carbons (Fsp3) is 0.688. The van der Waals surface area contributed by atoms with Crippen molar-refractivity contribution in [3.05, 3.63) is 12.4 Å². The molecule has 3 saturated heterocycles. The highest BCUT2D eigenvalue weighted by Crippen LogP contribution is 2.38. The van der Waals surface area contributed by atoms with Gasteiger partial charge < -0.3 is 9.47 Å². The van der Waals surface area contributed by atoms with Gasteiger partial charge in [-0.3, -0.25) is 10.2 Å². The van der Waals surface area contributed by atoms with Crippen molar-refractivity contribution in [1.82, 2.24) is 14.9 Å². The SMILES string of the molecule is CN=C(Nc1cc(OCC(F)(F)F)ncn1)O[C@@]1(C)CN2CCC1CC2. The number of anilines is 1. The molecule has 1 atom stereocenters. The molecule has 0 unspecified atom stereocenters. The maximum atomic E-state index is 12.3. The van der Waals surface area contributed by atoms with Crippen molar-refractivity contribution in [2.45, 2.75) is 31.5 Å². The second-order valence-electron chi connectivity index (χ2n) is 6.76. The molecule has 2 bridgehead atoms. The largest absolute Gasteiger partial charge is 0.468 e. The standard InChI is InChI=1S/C16H22F3N5O2/c1-15(8-24-5-3-11(15)4-6-24)26-14(20-2)23-12-7-13(22-10-21-12)25-9-16(17,18)19/h7,10-11H,3-6,8-9H2,1-2H3,(H,20,21,22,23)/t15-/m0/s1. The number of fused-ring (bicyclic) bond motifs is 3. The third-order valence-electron chi connectivity index (χ3n) is 4.78. The average molecular weight is 373 g/mol. The summed E-state index contributed by atoms with van der Waals surface area (Å²) in [6.45, 7) is 3.64. The molecule has 4 rings (SSSR count). The number of aromatic nitrogens is 2. The number of hydrogen-bond donors (Lipinski definition) is 1. The molecule has 0 amide bonds. The zero-order chi connectivity index (χ0) is 18.8. The van der Waals surface area contributed by atoms with Gasteiger partial charge in [0.25, 0.3) is 6.02 Å². The van der Waals surface area contributed by atoms with Crippen LogP contribution in [0, 0.1) is 5.92 Å². The molecular weight excluding hydrogens is 351 g/mol. The van der Waals surface area contributed by atoms with E-state index < -0.39 is 12.8 Å². The van der Waals surface area contributed by atoms with Gasteiger partial charge in [0.1, 0.15) is 17.7 Å². The molecule has 3 aliphatic rings. The van der Waals surface area contributed by atoms with Crippen molar-refractivity contribution in [1.29, 1.82) is 0 Å². The van der Waals surface area contributed by atoms with Crippen LogP contribution < -0.4 is 10.1 Å². The van der Waals surface area contributed by atoms with E-state index in [9.17, 15) is 13.2 Å². The summed E-state index contributed by atoms with van der Waals surface area (Å²) in [5.41, 5.74) is -0.360. The zero-order valence-corrected chi connectivity index (χ0v) is 14.7. The summed E-state index contributed by atoms with van der Waals surface area (Å²) in [7, 11) is 1.58. The number of nitrogens with zero attached hydrogens (tertiary/aromatic N) is 4. The fourth-order valence-corrected chi connectivity index (χ4v) is 3.49. The van der Waals surface area contributed by atoms with Gasteiger partial charge in [-0.25, -0.2) is 15.0 Å². The van der Waals surface area contributed by atoms with Gasteiger partial charge >= 0.3 is 6.18 Å². The Morgan fingerprint density at radius 1 is 1.38 bits per heavy atom. The molecule has 0 aliphatic carbocycles. The van der Waals surface area contributed by atoms with E-state index in [1.807, 2.05) is 0 Å². The lowest BCUT2D eigenvalue weighted by atomic mass is 9.76. The van der Waals surface area contributed by atoms with Crippen LogP contribution in [0.3, 0.4) is 0 Å². The summed E-state index contributed by atoms with van der Waals surface area (Å²) < 4.78 is 47.5. The molecule has 3 aliphatic heterocycles. The van der Waals surface area contributed by atoms with Crippen LogP contribution in [0.15, 0.2) is 17.4 Å². The minimum atomic E-state index is -4.43. The van der Waals surface area contributed by atoms with Crippen LogP contribution in [0.25, 0.3) is 0 Å². The highest BCUT2D eigenvalue weighted by molar-refractivity contribution is 5.88. The quantitative estimate of drug-likeness (QED) is 0.645. The van der Waals surface area contributed by atoms with Crippen molar-refractivity contribution >= 4 is 11.8 Å². The van der Waals surface area contributed by atoms with Gasteiger partial charge in [-0.05, 0) is 32.9 Å². The van der Waals surface area contributed by atoms with Crippen LogP contribution >= 0.6 is 0 Å². The molecule has 7 nitrogen and oxygen atoms in total. The van der Waals surface area contributed by atoms with E-state index in [0.29, 0.717) is 5.92 Å². The van der Waals surface area contributed by atoms with Gasteiger partial charge in [0.05, 0.1) is 0 Å². The monoisotopic (exact) mass is 373 g/mol. The molecule has 1 aromatic rings. The molecule has 1 aromatic heterocycles. The van der Waals surface area contributed by atoms with Crippen LogP contribution in [0.1, 0.15) is 19.8 Å². The Hall–Kier alpha value is -2.10. The molecule has 0 spiro atoms. The van der Waals surface area contributed by atoms with Crippen molar-refractivity contribution in [2.75, 3.05) is 38.6 Å². The van der Waals surface area contributed by atoms with Crippen molar-refractivity contribution in [2.24, 2.45) is 10.9 Å². The minimum Gasteiger partial charge on any atom is -0.468 e. The summed E-state index contributed by atoms with van der Waals surface area (Å²) in [6, 6.07) is 1.54. The van der Waals surface area contributed by atoms with Gasteiger partial charge in [0.15, 0.2) is 6.61 Å². The van der Waals surface area contributed by atoms with Crippen LogP contribution in [-0.2, 0) is 4.74 Å². The molecule has 10 heteroatoms. The molecule has 26 heavy (non-hydrogen) atoms. The number of aliphatic imine (C=N–C) groups is 1. The van der Waals surface area contributed by atoms with Gasteiger partial charge in [-0.1, -0.05) is 0 Å². The Bertz CT molecular complexity index is 662. The highest BCUT2D eigenvalue weighted by Gasteiger charge is 2.45. The van der Waals surface area contributed by atoms with E-state index in [0.717, 1.165) is 38.8 Å². The lowest BCUT2D eigenvalue weighted by Gasteiger charge is -2.51. The topological polar surface area (TPSA) is 71.9 Å². The van der Waals surface area contributed by atoms with Gasteiger partial charge in [-0.2, -0.15) is 13.2 Å². The number of halogens is 3. The number of rotatable bonds is 4. The Morgan fingerprint density at radius 3 is 2.69 bits per heavy atom. The summed E-state index contributed by atoms with van der Waals surface area (Å²) in [6.07, 6.45) is -1.15. The van der Waals surface area contributed by atoms with E-state index in [1.54, 1.807) is 7.05 Å². The normalized spacial score (nSPS) is 28.7. The second kappa shape index (κ2) is 7.26. The van der Waals surface area contributed by atoms with E-state index in [2.05, 4.69) is 36.8 Å². The molecule has 0 aromatic carbocycles. The van der Waals surface area contributed by atoms with Gasteiger partial charge in [-0.15, -0.1) is 0 Å². The van der Waals surface area contributed by atoms with E-state index in [1.165, 1.54) is 6.07 Å². The van der Waals surface area contributed by atoms with Crippen LogP contribution in [0.5, 0.6) is 5.88 Å². The molecular formula is C16H22F3N5O2. The lowest BCUT2D eigenvalue weighted by molar-refractivity contribution is -0.154. The van der Waals surface area contributed by atoms with Gasteiger partial charge in [0.2, 0.25) is 5.88 Å². The summed E-state index contributed by atoms with van der Waals surface area (Å²) in [5, 5.41) is 2.90. The maximum absolute atomic E-state index is 12.3. The number of alkyl halides is 3. The minimum absolute atomic E-state index is 0.177. The first-order chi connectivity index (χ1) is 12.3. The first-order valence-electron chi connectivity index (χ1n) is 8.44. The van der Waals surface area contributed by atoms with E-state index in [-0.39, 0.29) is 23.3 Å². The first-order valence-corrected chi connectivity index (χ1v) is 8.44. The molecule has 0 radical (unpaired) electrons. The number of amidine groups is 1. The molecule has 144 valence electrons. The van der Waals surface area contributed by atoms with Crippen LogP contribution in [-0.4, -0.2) is 66.0 Å². The Labute approximate surface area is 149 Å². The van der Waals surface area contributed by atoms with E-state index >= 15 is 0 Å². The summed E-state index contributed by atoms with van der Waals surface area (Å²) >= 11 is 0. The smallest absolute Gasteiger partial charge is 0.422 e. The fourth-order valence-electron chi connectivity index (χ4n) is 3.49. The lowest BCUT2D eigenvalue weighted by Crippen LogP contribution is -2.59. The third-order valence-corrected chi connectivity index (χ3v) is 4.78. The number of piperidine rings is 3. The Morgan fingerprint density at radius 2 is 2.12 bits per heavy atom. The maximum Gasteiger partial charge on any atom is 0.422 e. The second-order valence-corrected chi connectivity index (χ2v) is 6.76. The van der Waals surface area contributed by atoms with E-state index in [4.69, 9.17) is 4.74 Å². The highest BCUT2D eigenvalue weighted by atomic mass is 19.4. The predicted octanol–water partition coefficient (Wildman–Crippen LogP) is 2.32. The first kappa shape index (κ1) is 18.7. The summed E-state index contributed by atoms with van der Waals surface area (Å²) in [5.74, 6) is 0.522. The Balaban J connectivity index is 1.63. The van der Waals surface area contributed by atoms with Crippen molar-refractivity contribution < 1.29 is 22.6 Å².